The molecule has 2 N–H and O–H groups in total. The van der Waals surface area contributed by atoms with Crippen LogP contribution in [0.3, 0.4) is 0 Å². The Labute approximate surface area is 178 Å². The lowest BCUT2D eigenvalue weighted by Gasteiger charge is -2.17. The Hall–Kier alpha value is -4.25. The van der Waals surface area contributed by atoms with Crippen LogP contribution < -0.4 is 5.63 Å². The van der Waals surface area contributed by atoms with Gasteiger partial charge in [0.05, 0.1) is 11.8 Å². The van der Waals surface area contributed by atoms with Gasteiger partial charge in [-0.15, -0.1) is 0 Å². The summed E-state index contributed by atoms with van der Waals surface area (Å²) in [6.45, 7) is 0. The lowest BCUT2D eigenvalue weighted by atomic mass is 9.96. The average Bonchev–Trinajstić information content (AvgIpc) is 2.80. The summed E-state index contributed by atoms with van der Waals surface area (Å²) in [6, 6.07) is 25.1. The van der Waals surface area contributed by atoms with E-state index in [-0.39, 0.29) is 23.0 Å². The summed E-state index contributed by atoms with van der Waals surface area (Å²) >= 11 is 0. The summed E-state index contributed by atoms with van der Waals surface area (Å²) in [5, 5.41) is 20.2. The number of phenolic OH excluding ortho intramolecular Hbond substituents is 2. The van der Waals surface area contributed by atoms with Crippen LogP contribution in [0.1, 0.15) is 17.0 Å². The zero-order chi connectivity index (χ0) is 21.6. The van der Waals surface area contributed by atoms with Crippen molar-refractivity contribution < 1.29 is 19.4 Å². The highest BCUT2D eigenvalue weighted by atomic mass is 16.5. The van der Waals surface area contributed by atoms with Crippen LogP contribution in [0.2, 0.25) is 0 Å². The summed E-state index contributed by atoms with van der Waals surface area (Å²) in [7, 11) is 0. The first-order valence-corrected chi connectivity index (χ1v) is 9.71. The molecule has 31 heavy (non-hydrogen) atoms. The number of hydrogen-bond acceptors (Lipinski definition) is 5. The second kappa shape index (κ2) is 9.05. The SMILES string of the molecule is O=c1ccc2ccccc2o1.Oc1ccc(C2=CC(c3ccccc3)C=CO2)c(O)c1. The van der Waals surface area contributed by atoms with Crippen molar-refractivity contribution in [3.63, 3.8) is 0 Å². The molecule has 4 aromatic rings. The fraction of sp³-hybridized carbons (Fsp3) is 0.0385. The van der Waals surface area contributed by atoms with E-state index in [9.17, 15) is 15.0 Å². The Bertz CT molecular complexity index is 1300. The zero-order valence-corrected chi connectivity index (χ0v) is 16.5. The monoisotopic (exact) mass is 412 g/mol. The molecule has 3 aromatic carbocycles. The molecule has 1 aliphatic heterocycles. The van der Waals surface area contributed by atoms with E-state index in [0.29, 0.717) is 16.9 Å². The summed E-state index contributed by atoms with van der Waals surface area (Å²) in [6.07, 6.45) is 5.52. The molecule has 0 saturated heterocycles. The molecule has 154 valence electrons. The van der Waals surface area contributed by atoms with E-state index < -0.39 is 0 Å². The predicted molar refractivity (Wildman–Crippen MR) is 120 cm³/mol. The lowest BCUT2D eigenvalue weighted by molar-refractivity contribution is 0.412. The number of allylic oxidation sites excluding steroid dienone is 2. The number of phenols is 2. The topological polar surface area (TPSA) is 79.9 Å². The summed E-state index contributed by atoms with van der Waals surface area (Å²) < 4.78 is 10.4. The second-order valence-corrected chi connectivity index (χ2v) is 6.91. The van der Waals surface area contributed by atoms with Crippen molar-refractivity contribution >= 4 is 16.7 Å². The Balaban J connectivity index is 0.000000177. The van der Waals surface area contributed by atoms with Gasteiger partial charge in [-0.2, -0.15) is 0 Å². The first-order chi connectivity index (χ1) is 15.1. The largest absolute Gasteiger partial charge is 0.508 e. The van der Waals surface area contributed by atoms with Crippen molar-refractivity contribution in [1.29, 1.82) is 0 Å². The minimum Gasteiger partial charge on any atom is -0.508 e. The van der Waals surface area contributed by atoms with Crippen molar-refractivity contribution in [3.8, 4) is 11.5 Å². The third-order valence-electron chi connectivity index (χ3n) is 4.77. The summed E-state index contributed by atoms with van der Waals surface area (Å²) in [5.41, 5.74) is 2.06. The van der Waals surface area contributed by atoms with E-state index >= 15 is 0 Å². The van der Waals surface area contributed by atoms with Gasteiger partial charge in [0, 0.05) is 23.4 Å². The van der Waals surface area contributed by atoms with Gasteiger partial charge >= 0.3 is 5.63 Å². The summed E-state index contributed by atoms with van der Waals surface area (Å²) in [4.78, 5) is 10.7. The van der Waals surface area contributed by atoms with E-state index in [1.165, 1.54) is 18.2 Å². The molecule has 1 aliphatic rings. The Morgan fingerprint density at radius 3 is 2.39 bits per heavy atom. The molecule has 1 aromatic heterocycles. The number of hydrogen-bond donors (Lipinski definition) is 2. The first-order valence-electron chi connectivity index (χ1n) is 9.71. The molecule has 5 heteroatoms. The molecular weight excluding hydrogens is 392 g/mol. The minimum atomic E-state index is -0.302. The van der Waals surface area contributed by atoms with Crippen LogP contribution in [0.5, 0.6) is 11.5 Å². The average molecular weight is 412 g/mol. The van der Waals surface area contributed by atoms with Crippen molar-refractivity contribution in [3.05, 3.63) is 125 Å². The van der Waals surface area contributed by atoms with Crippen molar-refractivity contribution in [2.24, 2.45) is 0 Å². The molecule has 1 unspecified atom stereocenters. The van der Waals surface area contributed by atoms with Gasteiger partial charge in [0.15, 0.2) is 0 Å². The highest BCUT2D eigenvalue weighted by Crippen LogP contribution is 2.34. The number of ether oxygens (including phenoxy) is 1. The fourth-order valence-corrected chi connectivity index (χ4v) is 3.23. The number of aromatic hydroxyl groups is 2. The van der Waals surface area contributed by atoms with Crippen LogP contribution in [0.25, 0.3) is 16.7 Å². The maximum absolute atomic E-state index is 10.7. The van der Waals surface area contributed by atoms with Crippen LogP contribution >= 0.6 is 0 Å². The normalized spacial score (nSPS) is 14.8. The molecule has 2 heterocycles. The Morgan fingerprint density at radius 2 is 1.58 bits per heavy atom. The van der Waals surface area contributed by atoms with E-state index in [1.54, 1.807) is 24.5 Å². The van der Waals surface area contributed by atoms with Gasteiger partial charge in [-0.1, -0.05) is 48.5 Å². The standard InChI is InChI=1S/C17H14O3.C9H6O2/c18-14-6-7-15(16(19)11-14)17-10-13(8-9-20-17)12-4-2-1-3-5-12;10-9-6-5-7-3-1-2-4-8(7)11-9/h1-11,13,18-19H;1-6H. The molecule has 0 radical (unpaired) electrons. The van der Waals surface area contributed by atoms with Gasteiger partial charge in [-0.25, -0.2) is 4.79 Å². The predicted octanol–water partition coefficient (Wildman–Crippen LogP) is 5.56. The van der Waals surface area contributed by atoms with Crippen molar-refractivity contribution in [1.82, 2.24) is 0 Å². The molecule has 0 bridgehead atoms. The third-order valence-corrected chi connectivity index (χ3v) is 4.77. The number of benzene rings is 3. The number of rotatable bonds is 2. The Kier molecular flexibility index (Phi) is 5.85. The zero-order valence-electron chi connectivity index (χ0n) is 16.5. The van der Waals surface area contributed by atoms with E-state index in [4.69, 9.17) is 9.15 Å². The number of fused-ring (bicyclic) bond motifs is 1. The molecule has 5 nitrogen and oxygen atoms in total. The van der Waals surface area contributed by atoms with Crippen LogP contribution in [0.4, 0.5) is 0 Å². The Morgan fingerprint density at radius 1 is 0.806 bits per heavy atom. The molecule has 0 saturated carbocycles. The van der Waals surface area contributed by atoms with Gasteiger partial charge < -0.3 is 19.4 Å². The maximum Gasteiger partial charge on any atom is 0.336 e. The fourth-order valence-electron chi connectivity index (χ4n) is 3.23. The van der Waals surface area contributed by atoms with Crippen LogP contribution in [-0.4, -0.2) is 10.2 Å². The van der Waals surface area contributed by atoms with Gasteiger partial charge in [-0.05, 0) is 42.0 Å². The van der Waals surface area contributed by atoms with E-state index in [2.05, 4.69) is 0 Å². The van der Waals surface area contributed by atoms with Crippen molar-refractivity contribution in [2.75, 3.05) is 0 Å². The van der Waals surface area contributed by atoms with Crippen molar-refractivity contribution in [2.45, 2.75) is 5.92 Å². The number of para-hydroxylation sites is 1. The smallest absolute Gasteiger partial charge is 0.336 e. The van der Waals surface area contributed by atoms with Gasteiger partial charge in [0.25, 0.3) is 0 Å². The highest BCUT2D eigenvalue weighted by molar-refractivity contribution is 5.75. The minimum absolute atomic E-state index is 0.00152. The first kappa shape index (κ1) is 20.0. The molecule has 0 fully saturated rings. The summed E-state index contributed by atoms with van der Waals surface area (Å²) in [5.74, 6) is 0.711. The molecule has 0 amide bonds. The molecular formula is C26H20O5. The van der Waals surface area contributed by atoms with Crippen LogP contribution in [0, 0.1) is 0 Å². The highest BCUT2D eigenvalue weighted by Gasteiger charge is 2.16. The lowest BCUT2D eigenvalue weighted by Crippen LogP contribution is -1.99. The van der Waals surface area contributed by atoms with Gasteiger partial charge in [0.2, 0.25) is 0 Å². The quantitative estimate of drug-likeness (QED) is 0.422. The molecule has 0 aliphatic carbocycles. The van der Waals surface area contributed by atoms with Gasteiger partial charge in [-0.3, -0.25) is 0 Å². The van der Waals surface area contributed by atoms with E-state index in [0.717, 1.165) is 10.9 Å². The third kappa shape index (κ3) is 4.85. The molecule has 1 atom stereocenters. The van der Waals surface area contributed by atoms with E-state index in [1.807, 2.05) is 60.7 Å². The van der Waals surface area contributed by atoms with Gasteiger partial charge in [0.1, 0.15) is 22.8 Å². The molecule has 5 rings (SSSR count). The van der Waals surface area contributed by atoms with Crippen LogP contribution in [0.15, 0.2) is 113 Å². The maximum atomic E-state index is 10.7. The second-order valence-electron chi connectivity index (χ2n) is 6.91. The van der Waals surface area contributed by atoms with Crippen LogP contribution in [-0.2, 0) is 4.74 Å². The molecule has 0 spiro atoms.